The van der Waals surface area contributed by atoms with E-state index in [-0.39, 0.29) is 24.8 Å². The van der Waals surface area contributed by atoms with Crippen molar-refractivity contribution in [2.75, 3.05) is 26.3 Å². The number of nitrogens with zero attached hydrogens (tertiary/aromatic N) is 1. The molecular formula is C27H42N2O5. The Labute approximate surface area is 204 Å². The molecule has 1 atom stereocenters. The zero-order chi connectivity index (χ0) is 24.6. The summed E-state index contributed by atoms with van der Waals surface area (Å²) >= 11 is 0. The number of esters is 1. The van der Waals surface area contributed by atoms with E-state index in [9.17, 15) is 14.4 Å². The van der Waals surface area contributed by atoms with Gasteiger partial charge in [0.25, 0.3) is 5.91 Å². The smallest absolute Gasteiger partial charge is 0.308 e. The van der Waals surface area contributed by atoms with Crippen molar-refractivity contribution >= 4 is 17.8 Å². The highest BCUT2D eigenvalue weighted by molar-refractivity contribution is 5.92. The summed E-state index contributed by atoms with van der Waals surface area (Å²) in [5.74, 6) is -0.461. The van der Waals surface area contributed by atoms with Crippen molar-refractivity contribution in [3.63, 3.8) is 0 Å². The van der Waals surface area contributed by atoms with Crippen LogP contribution in [0.4, 0.5) is 0 Å². The van der Waals surface area contributed by atoms with Crippen LogP contribution in [0.2, 0.25) is 0 Å². The van der Waals surface area contributed by atoms with Gasteiger partial charge in [-0.15, -0.1) is 0 Å². The number of hydrogen-bond acceptors (Lipinski definition) is 5. The lowest BCUT2D eigenvalue weighted by atomic mass is 10.1. The number of nitrogens with one attached hydrogen (secondary N) is 1. The summed E-state index contributed by atoms with van der Waals surface area (Å²) in [5, 5.41) is 2.74. The highest BCUT2D eigenvalue weighted by Crippen LogP contribution is 2.17. The molecule has 2 rings (SSSR count). The fraction of sp³-hybridized carbons (Fsp3) is 0.667. The van der Waals surface area contributed by atoms with Gasteiger partial charge in [0.05, 0.1) is 13.0 Å². The SMILES string of the molecule is CCCCCCCCCCCCOC(=O)CC1C(=O)NCCN1C(=O)COc1ccccc1C. The number of para-hydroxylation sites is 1. The van der Waals surface area contributed by atoms with Crippen molar-refractivity contribution in [1.29, 1.82) is 0 Å². The third-order valence-corrected chi connectivity index (χ3v) is 6.22. The average Bonchev–Trinajstić information content (AvgIpc) is 2.83. The fourth-order valence-corrected chi connectivity index (χ4v) is 4.15. The van der Waals surface area contributed by atoms with Crippen LogP contribution in [0.3, 0.4) is 0 Å². The first-order valence-electron chi connectivity index (χ1n) is 12.9. The lowest BCUT2D eigenvalue weighted by Gasteiger charge is -2.34. The fourth-order valence-electron chi connectivity index (χ4n) is 4.15. The number of unbranched alkanes of at least 4 members (excludes halogenated alkanes) is 9. The van der Waals surface area contributed by atoms with Gasteiger partial charge in [0.15, 0.2) is 6.61 Å². The molecule has 1 aromatic rings. The molecule has 2 amide bonds. The maximum Gasteiger partial charge on any atom is 0.308 e. The van der Waals surface area contributed by atoms with E-state index >= 15 is 0 Å². The second-order valence-electron chi connectivity index (χ2n) is 9.05. The number of hydrogen-bond donors (Lipinski definition) is 1. The number of benzene rings is 1. The van der Waals surface area contributed by atoms with Crippen LogP contribution in [-0.4, -0.2) is 55.0 Å². The third-order valence-electron chi connectivity index (χ3n) is 6.22. The maximum atomic E-state index is 12.7. The molecular weight excluding hydrogens is 432 g/mol. The van der Waals surface area contributed by atoms with E-state index in [1.54, 1.807) is 6.07 Å². The molecule has 1 aliphatic heterocycles. The van der Waals surface area contributed by atoms with E-state index in [0.717, 1.165) is 24.8 Å². The van der Waals surface area contributed by atoms with Gasteiger partial charge in [0.2, 0.25) is 5.91 Å². The van der Waals surface area contributed by atoms with Gasteiger partial charge >= 0.3 is 5.97 Å². The van der Waals surface area contributed by atoms with Gasteiger partial charge in [0.1, 0.15) is 11.8 Å². The Bertz CT molecular complexity index is 767. The van der Waals surface area contributed by atoms with Gasteiger partial charge in [-0.3, -0.25) is 14.4 Å². The summed E-state index contributed by atoms with van der Waals surface area (Å²) in [4.78, 5) is 38.9. The number of carbonyl (C=O) groups excluding carboxylic acids is 3. The Morgan fingerprint density at radius 2 is 1.65 bits per heavy atom. The van der Waals surface area contributed by atoms with Crippen molar-refractivity contribution in [1.82, 2.24) is 10.2 Å². The number of amides is 2. The quantitative estimate of drug-likeness (QED) is 0.281. The second-order valence-corrected chi connectivity index (χ2v) is 9.05. The van der Waals surface area contributed by atoms with Crippen LogP contribution in [0.5, 0.6) is 5.75 Å². The summed E-state index contributed by atoms with van der Waals surface area (Å²) in [5.41, 5.74) is 0.929. The van der Waals surface area contributed by atoms with Gasteiger partial charge in [-0.1, -0.05) is 82.9 Å². The van der Waals surface area contributed by atoms with Crippen molar-refractivity contribution in [2.24, 2.45) is 0 Å². The molecule has 7 heteroatoms. The lowest BCUT2D eigenvalue weighted by molar-refractivity contribution is -0.152. The largest absolute Gasteiger partial charge is 0.484 e. The summed E-state index contributed by atoms with van der Waals surface area (Å²) in [6.45, 7) is 5.02. The normalized spacial score (nSPS) is 15.6. The predicted octanol–water partition coefficient (Wildman–Crippen LogP) is 4.56. The minimum absolute atomic E-state index is 0.139. The summed E-state index contributed by atoms with van der Waals surface area (Å²) in [6.07, 6.45) is 12.0. The number of aryl methyl sites for hydroxylation is 1. The molecule has 1 fully saturated rings. The van der Waals surface area contributed by atoms with Crippen LogP contribution in [0.25, 0.3) is 0 Å². The van der Waals surface area contributed by atoms with Crippen LogP contribution < -0.4 is 10.1 Å². The molecule has 7 nitrogen and oxygen atoms in total. The molecule has 190 valence electrons. The van der Waals surface area contributed by atoms with E-state index in [1.807, 2.05) is 25.1 Å². The Kier molecular flexibility index (Phi) is 13.1. The van der Waals surface area contributed by atoms with Crippen molar-refractivity contribution in [3.8, 4) is 5.75 Å². The molecule has 1 N–H and O–H groups in total. The summed E-state index contributed by atoms with van der Waals surface area (Å²) in [7, 11) is 0. The molecule has 0 spiro atoms. The van der Waals surface area contributed by atoms with Crippen molar-refractivity contribution in [2.45, 2.75) is 90.5 Å². The number of piperazine rings is 1. The molecule has 1 aromatic carbocycles. The topological polar surface area (TPSA) is 84.9 Å². The molecule has 0 aromatic heterocycles. The molecule has 0 saturated carbocycles. The zero-order valence-corrected chi connectivity index (χ0v) is 21.0. The standard InChI is InChI=1S/C27H42N2O5/c1-3-4-5-6-7-8-9-10-11-14-19-33-26(31)20-23-27(32)28-17-18-29(23)25(30)21-34-24-16-13-12-15-22(24)2/h12-13,15-16,23H,3-11,14,17-21H2,1-2H3,(H,28,32). The Morgan fingerprint density at radius 1 is 1.00 bits per heavy atom. The number of rotatable bonds is 16. The first-order valence-corrected chi connectivity index (χ1v) is 12.9. The van der Waals surface area contributed by atoms with Crippen molar-refractivity contribution < 1.29 is 23.9 Å². The third kappa shape index (κ3) is 10.1. The molecule has 0 radical (unpaired) electrons. The number of ether oxygens (including phenoxy) is 2. The van der Waals surface area contributed by atoms with Gasteiger partial charge in [-0.05, 0) is 25.0 Å². The Balaban J connectivity index is 1.66. The summed E-state index contributed by atoms with van der Waals surface area (Å²) < 4.78 is 11.0. The Morgan fingerprint density at radius 3 is 2.32 bits per heavy atom. The monoisotopic (exact) mass is 474 g/mol. The molecule has 1 heterocycles. The van der Waals surface area contributed by atoms with Crippen molar-refractivity contribution in [3.05, 3.63) is 29.8 Å². The van der Waals surface area contributed by atoms with Gasteiger partial charge in [-0.25, -0.2) is 0 Å². The minimum Gasteiger partial charge on any atom is -0.484 e. The highest BCUT2D eigenvalue weighted by atomic mass is 16.5. The minimum atomic E-state index is -0.859. The average molecular weight is 475 g/mol. The van der Waals surface area contributed by atoms with Crippen LogP contribution in [0.1, 0.15) is 83.1 Å². The van der Waals surface area contributed by atoms with Crippen LogP contribution >= 0.6 is 0 Å². The lowest BCUT2D eigenvalue weighted by Crippen LogP contribution is -2.58. The summed E-state index contributed by atoms with van der Waals surface area (Å²) in [6, 6.07) is 6.59. The van der Waals surface area contributed by atoms with E-state index in [4.69, 9.17) is 9.47 Å². The van der Waals surface area contributed by atoms with Gasteiger partial charge in [0, 0.05) is 13.1 Å². The first kappa shape index (κ1) is 27.7. The maximum absolute atomic E-state index is 12.7. The predicted molar refractivity (Wildman–Crippen MR) is 133 cm³/mol. The Hall–Kier alpha value is -2.57. The molecule has 1 unspecified atom stereocenters. The van der Waals surface area contributed by atoms with Crippen LogP contribution in [0.15, 0.2) is 24.3 Å². The molecule has 1 saturated heterocycles. The molecule has 34 heavy (non-hydrogen) atoms. The highest BCUT2D eigenvalue weighted by Gasteiger charge is 2.35. The first-order chi connectivity index (χ1) is 16.5. The van der Waals surface area contributed by atoms with E-state index in [2.05, 4.69) is 12.2 Å². The molecule has 0 aliphatic carbocycles. The zero-order valence-electron chi connectivity index (χ0n) is 21.0. The van der Waals surface area contributed by atoms with Gasteiger partial charge < -0.3 is 19.7 Å². The number of carbonyl (C=O) groups is 3. The van der Waals surface area contributed by atoms with E-state index in [1.165, 1.54) is 49.8 Å². The van der Waals surface area contributed by atoms with E-state index < -0.39 is 12.0 Å². The molecule has 0 bridgehead atoms. The molecule has 1 aliphatic rings. The van der Waals surface area contributed by atoms with E-state index in [0.29, 0.717) is 25.4 Å². The second kappa shape index (κ2) is 16.1. The van der Waals surface area contributed by atoms with Gasteiger partial charge in [-0.2, -0.15) is 0 Å². The van der Waals surface area contributed by atoms with Crippen LogP contribution in [-0.2, 0) is 19.1 Å². The van der Waals surface area contributed by atoms with Crippen LogP contribution in [0, 0.1) is 6.92 Å².